The molecule has 4 atom stereocenters. The molecule has 1 aromatic heterocycles. The third-order valence-electron chi connectivity index (χ3n) is 5.80. The zero-order valence-corrected chi connectivity index (χ0v) is 22.7. The lowest BCUT2D eigenvalue weighted by Crippen LogP contribution is -2.59. The molecule has 0 unspecified atom stereocenters. The van der Waals surface area contributed by atoms with Crippen LogP contribution in [0.15, 0.2) is 23.1 Å². The SMILES string of the molecule is CC[C@@H](C=O)NC(=O)[C@H](CC(C)C)NC(=O)[C@@H](NC(=O)[C@@H](NC(=O)c1ccc(=O)[nH]c1)C(C)C)C(C)C. The number of carbonyl (C=O) groups is 5. The molecule has 0 fully saturated rings. The Labute approximate surface area is 217 Å². The summed E-state index contributed by atoms with van der Waals surface area (Å²) in [5.74, 6) is -2.68. The number of aromatic amines is 1. The molecular weight excluding hydrogens is 478 g/mol. The molecule has 5 N–H and O–H groups in total. The van der Waals surface area contributed by atoms with Crippen molar-refractivity contribution >= 4 is 29.9 Å². The summed E-state index contributed by atoms with van der Waals surface area (Å²) in [4.78, 5) is 76.6. The fourth-order valence-electron chi connectivity index (χ4n) is 3.57. The van der Waals surface area contributed by atoms with Crippen molar-refractivity contribution in [1.29, 1.82) is 0 Å². The summed E-state index contributed by atoms with van der Waals surface area (Å²) in [7, 11) is 0. The van der Waals surface area contributed by atoms with Crippen LogP contribution < -0.4 is 26.8 Å². The van der Waals surface area contributed by atoms with Crippen molar-refractivity contribution in [2.75, 3.05) is 0 Å². The molecule has 4 amide bonds. The summed E-state index contributed by atoms with van der Waals surface area (Å²) < 4.78 is 0. The van der Waals surface area contributed by atoms with Crippen LogP contribution in [-0.4, -0.2) is 59.1 Å². The number of hydrogen-bond donors (Lipinski definition) is 5. The number of H-pyrrole nitrogens is 1. The van der Waals surface area contributed by atoms with Gasteiger partial charge in [0.25, 0.3) is 5.91 Å². The molecule has 0 saturated heterocycles. The smallest absolute Gasteiger partial charge is 0.253 e. The molecule has 11 nitrogen and oxygen atoms in total. The Balaban J connectivity index is 3.02. The Bertz CT molecular complexity index is 983. The minimum atomic E-state index is -0.978. The van der Waals surface area contributed by atoms with E-state index in [1.54, 1.807) is 34.6 Å². The van der Waals surface area contributed by atoms with Gasteiger partial charge in [0.15, 0.2) is 0 Å². The molecule has 0 aliphatic rings. The first kappa shape index (κ1) is 31.5. The van der Waals surface area contributed by atoms with Gasteiger partial charge in [-0.05, 0) is 36.7 Å². The number of carbonyl (C=O) groups excluding carboxylic acids is 5. The third kappa shape index (κ3) is 10.2. The molecule has 11 heteroatoms. The summed E-state index contributed by atoms with van der Waals surface area (Å²) in [5, 5.41) is 10.7. The highest BCUT2D eigenvalue weighted by molar-refractivity contribution is 5.98. The molecule has 0 saturated carbocycles. The summed E-state index contributed by atoms with van der Waals surface area (Å²) in [6.07, 6.45) is 2.67. The second-order valence-corrected chi connectivity index (χ2v) is 10.2. The average molecular weight is 520 g/mol. The van der Waals surface area contributed by atoms with E-state index in [1.807, 2.05) is 13.8 Å². The minimum Gasteiger partial charge on any atom is -0.345 e. The van der Waals surface area contributed by atoms with Gasteiger partial charge in [-0.15, -0.1) is 0 Å². The maximum Gasteiger partial charge on any atom is 0.253 e. The van der Waals surface area contributed by atoms with E-state index in [1.165, 1.54) is 18.3 Å². The van der Waals surface area contributed by atoms with Crippen molar-refractivity contribution in [1.82, 2.24) is 26.3 Å². The lowest BCUT2D eigenvalue weighted by molar-refractivity contribution is -0.134. The molecule has 0 aliphatic heterocycles. The van der Waals surface area contributed by atoms with Gasteiger partial charge in [0.2, 0.25) is 23.3 Å². The number of amides is 4. The first-order valence-electron chi connectivity index (χ1n) is 12.7. The van der Waals surface area contributed by atoms with E-state index in [0.717, 1.165) is 0 Å². The highest BCUT2D eigenvalue weighted by Gasteiger charge is 2.33. The molecule has 0 aromatic carbocycles. The highest BCUT2D eigenvalue weighted by Crippen LogP contribution is 2.10. The Kier molecular flexibility index (Phi) is 12.7. The van der Waals surface area contributed by atoms with Gasteiger partial charge >= 0.3 is 0 Å². The van der Waals surface area contributed by atoms with Crippen molar-refractivity contribution in [3.63, 3.8) is 0 Å². The maximum atomic E-state index is 13.2. The molecule has 1 aromatic rings. The van der Waals surface area contributed by atoms with Crippen molar-refractivity contribution in [3.05, 3.63) is 34.2 Å². The molecule has 1 heterocycles. The lowest BCUT2D eigenvalue weighted by atomic mass is 9.98. The minimum absolute atomic E-state index is 0.0768. The monoisotopic (exact) mass is 519 g/mol. The number of rotatable bonds is 14. The number of aldehydes is 1. The van der Waals surface area contributed by atoms with Crippen molar-refractivity contribution in [2.45, 2.75) is 85.5 Å². The molecule has 0 spiro atoms. The lowest BCUT2D eigenvalue weighted by Gasteiger charge is -2.29. The van der Waals surface area contributed by atoms with E-state index in [0.29, 0.717) is 19.1 Å². The van der Waals surface area contributed by atoms with Crippen LogP contribution in [0.3, 0.4) is 0 Å². The normalized spacial score (nSPS) is 14.4. The Morgan fingerprint density at radius 1 is 0.838 bits per heavy atom. The zero-order valence-electron chi connectivity index (χ0n) is 22.7. The summed E-state index contributed by atoms with van der Waals surface area (Å²) >= 11 is 0. The predicted molar refractivity (Wildman–Crippen MR) is 140 cm³/mol. The second-order valence-electron chi connectivity index (χ2n) is 10.2. The molecule has 0 aliphatic carbocycles. The second kappa shape index (κ2) is 14.9. The van der Waals surface area contributed by atoms with Crippen LogP contribution in [0.5, 0.6) is 0 Å². The number of pyridine rings is 1. The maximum absolute atomic E-state index is 13.2. The highest BCUT2D eigenvalue weighted by atomic mass is 16.2. The summed E-state index contributed by atoms with van der Waals surface area (Å²) in [5.41, 5.74) is -0.180. The first-order valence-corrected chi connectivity index (χ1v) is 12.7. The third-order valence-corrected chi connectivity index (χ3v) is 5.80. The van der Waals surface area contributed by atoms with Crippen molar-refractivity contribution in [3.8, 4) is 0 Å². The van der Waals surface area contributed by atoms with E-state index in [2.05, 4.69) is 26.3 Å². The van der Waals surface area contributed by atoms with Gasteiger partial charge in [-0.3, -0.25) is 24.0 Å². The molecular formula is C26H41N5O6. The largest absolute Gasteiger partial charge is 0.345 e. The average Bonchev–Trinajstić information content (AvgIpc) is 2.82. The van der Waals surface area contributed by atoms with Gasteiger partial charge in [0, 0.05) is 12.3 Å². The fraction of sp³-hybridized carbons (Fsp3) is 0.615. The number of aromatic nitrogens is 1. The molecule has 206 valence electrons. The van der Waals surface area contributed by atoms with Gasteiger partial charge in [0.1, 0.15) is 24.4 Å². The predicted octanol–water partition coefficient (Wildman–Crippen LogP) is 0.895. The Morgan fingerprint density at radius 2 is 1.41 bits per heavy atom. The van der Waals surface area contributed by atoms with Crippen LogP contribution in [0.25, 0.3) is 0 Å². The van der Waals surface area contributed by atoms with Gasteiger partial charge in [-0.1, -0.05) is 48.5 Å². The number of nitrogens with one attached hydrogen (secondary N) is 5. The number of hydrogen-bond acceptors (Lipinski definition) is 6. The summed E-state index contributed by atoms with van der Waals surface area (Å²) in [6, 6.07) is -0.921. The Morgan fingerprint density at radius 3 is 1.86 bits per heavy atom. The van der Waals surface area contributed by atoms with Gasteiger partial charge in [0.05, 0.1) is 11.6 Å². The molecule has 0 radical (unpaired) electrons. The van der Waals surface area contributed by atoms with Crippen LogP contribution in [0.4, 0.5) is 0 Å². The van der Waals surface area contributed by atoms with Crippen LogP contribution in [-0.2, 0) is 19.2 Å². The first-order chi connectivity index (χ1) is 17.3. The topological polar surface area (TPSA) is 166 Å². The van der Waals surface area contributed by atoms with Crippen LogP contribution >= 0.6 is 0 Å². The quantitative estimate of drug-likeness (QED) is 0.229. The van der Waals surface area contributed by atoms with Gasteiger partial charge < -0.3 is 31.0 Å². The van der Waals surface area contributed by atoms with Crippen LogP contribution in [0.2, 0.25) is 0 Å². The fourth-order valence-corrected chi connectivity index (χ4v) is 3.57. The standard InChI is InChI=1S/C26H41N5O6/c1-8-18(13-32)28-24(35)19(11-14(2)3)29-25(36)21(15(4)5)31-26(37)22(16(6)7)30-23(34)17-9-10-20(33)27-12-17/h9-10,12-16,18-19,21-22H,8,11H2,1-7H3,(H,27,33)(H,28,35)(H,29,36)(H,30,34)(H,31,37)/t18-,19-,21-,22-/m0/s1. The van der Waals surface area contributed by atoms with Crippen LogP contribution in [0, 0.1) is 17.8 Å². The van der Waals surface area contributed by atoms with Gasteiger partial charge in [-0.2, -0.15) is 0 Å². The summed E-state index contributed by atoms with van der Waals surface area (Å²) in [6.45, 7) is 12.6. The van der Waals surface area contributed by atoms with E-state index < -0.39 is 47.8 Å². The molecule has 37 heavy (non-hydrogen) atoms. The zero-order chi connectivity index (χ0) is 28.3. The van der Waals surface area contributed by atoms with Crippen molar-refractivity contribution < 1.29 is 24.0 Å². The Hall–Kier alpha value is -3.50. The van der Waals surface area contributed by atoms with Crippen molar-refractivity contribution in [2.24, 2.45) is 17.8 Å². The molecule has 1 rings (SSSR count). The van der Waals surface area contributed by atoms with E-state index >= 15 is 0 Å². The van der Waals surface area contributed by atoms with E-state index in [9.17, 15) is 28.8 Å². The van der Waals surface area contributed by atoms with E-state index in [-0.39, 0.29) is 28.9 Å². The van der Waals surface area contributed by atoms with Crippen LogP contribution in [0.1, 0.15) is 71.7 Å². The van der Waals surface area contributed by atoms with E-state index in [4.69, 9.17) is 0 Å². The van der Waals surface area contributed by atoms with Gasteiger partial charge in [-0.25, -0.2) is 0 Å². The molecule has 0 bridgehead atoms.